The van der Waals surface area contributed by atoms with Crippen molar-refractivity contribution >= 4 is 6.08 Å². The molecule has 1 aromatic rings. The van der Waals surface area contributed by atoms with Gasteiger partial charge >= 0.3 is 0 Å². The molecule has 0 aromatic heterocycles. The van der Waals surface area contributed by atoms with E-state index in [1.807, 2.05) is 0 Å². The van der Waals surface area contributed by atoms with E-state index in [2.05, 4.69) is 30.4 Å². The standard InChI is InChI=1S/C10H8.H3N/c1-2-7-4-5-8-6-10(7)9(8)3-1;/h1-5,8H,6H2;1H3. The Bertz CT molecular complexity index is 326. The molecule has 0 heterocycles. The van der Waals surface area contributed by atoms with Crippen LogP contribution in [0.5, 0.6) is 0 Å². The van der Waals surface area contributed by atoms with Gasteiger partial charge in [0.2, 0.25) is 0 Å². The molecule has 1 nitrogen and oxygen atoms in total. The van der Waals surface area contributed by atoms with E-state index >= 15 is 0 Å². The maximum absolute atomic E-state index is 2.32. The summed E-state index contributed by atoms with van der Waals surface area (Å²) in [7, 11) is 0. The van der Waals surface area contributed by atoms with E-state index in [4.69, 9.17) is 0 Å². The van der Waals surface area contributed by atoms with Gasteiger partial charge in [0.05, 0.1) is 0 Å². The quantitative estimate of drug-likeness (QED) is 0.598. The topological polar surface area (TPSA) is 35.0 Å². The Morgan fingerprint density at radius 2 is 2.18 bits per heavy atom. The second-order valence-electron chi connectivity index (χ2n) is 3.08. The van der Waals surface area contributed by atoms with Crippen molar-refractivity contribution in [3.8, 4) is 0 Å². The molecular formula is C10H11N. The minimum Gasteiger partial charge on any atom is -0.344 e. The average Bonchev–Trinajstić information content (AvgIpc) is 1.96. The molecular weight excluding hydrogens is 134 g/mol. The van der Waals surface area contributed by atoms with Gasteiger partial charge in [-0.2, -0.15) is 0 Å². The van der Waals surface area contributed by atoms with Crippen LogP contribution in [-0.4, -0.2) is 0 Å². The summed E-state index contributed by atoms with van der Waals surface area (Å²) in [6.45, 7) is 0. The smallest absolute Gasteiger partial charge is 0.00649 e. The fourth-order valence-electron chi connectivity index (χ4n) is 1.95. The molecule has 3 aliphatic carbocycles. The first-order valence-corrected chi connectivity index (χ1v) is 3.75. The van der Waals surface area contributed by atoms with Gasteiger partial charge in [-0.3, -0.25) is 0 Å². The predicted octanol–water partition coefficient (Wildman–Crippen LogP) is 2.52. The van der Waals surface area contributed by atoms with Gasteiger partial charge in [0.25, 0.3) is 0 Å². The van der Waals surface area contributed by atoms with Crippen molar-refractivity contribution in [3.63, 3.8) is 0 Å². The van der Waals surface area contributed by atoms with Crippen LogP contribution in [0.25, 0.3) is 6.08 Å². The van der Waals surface area contributed by atoms with Crippen LogP contribution in [0.15, 0.2) is 24.3 Å². The average molecular weight is 145 g/mol. The van der Waals surface area contributed by atoms with Crippen molar-refractivity contribution in [2.24, 2.45) is 0 Å². The lowest BCUT2D eigenvalue weighted by Crippen LogP contribution is -2.19. The summed E-state index contributed by atoms with van der Waals surface area (Å²) in [4.78, 5) is 0. The van der Waals surface area contributed by atoms with Gasteiger partial charge < -0.3 is 6.15 Å². The third-order valence-electron chi connectivity index (χ3n) is 2.58. The second-order valence-corrected chi connectivity index (χ2v) is 3.08. The van der Waals surface area contributed by atoms with Gasteiger partial charge in [-0.1, -0.05) is 30.4 Å². The third kappa shape index (κ3) is 0.636. The van der Waals surface area contributed by atoms with Crippen molar-refractivity contribution in [1.82, 2.24) is 6.15 Å². The molecule has 1 aromatic carbocycles. The van der Waals surface area contributed by atoms with Crippen LogP contribution in [-0.2, 0) is 6.42 Å². The Balaban J connectivity index is 0.000000480. The van der Waals surface area contributed by atoms with Crippen molar-refractivity contribution in [2.75, 3.05) is 0 Å². The SMILES string of the molecule is C1=CC2Cc3c1cccc32.N. The molecule has 3 N–H and O–H groups in total. The molecule has 0 fully saturated rings. The number of rotatable bonds is 0. The fraction of sp³-hybridized carbons (Fsp3) is 0.200. The van der Waals surface area contributed by atoms with Crippen molar-refractivity contribution < 1.29 is 0 Å². The lowest BCUT2D eigenvalue weighted by atomic mass is 9.71. The van der Waals surface area contributed by atoms with Gasteiger partial charge in [0, 0.05) is 5.92 Å². The number of benzene rings is 1. The van der Waals surface area contributed by atoms with Crippen LogP contribution >= 0.6 is 0 Å². The Labute approximate surface area is 66.3 Å². The molecule has 4 bridgehead atoms. The fourth-order valence-corrected chi connectivity index (χ4v) is 1.95. The maximum atomic E-state index is 2.32. The van der Waals surface area contributed by atoms with Crippen molar-refractivity contribution in [1.29, 1.82) is 0 Å². The molecule has 0 radical (unpaired) electrons. The Morgan fingerprint density at radius 1 is 1.27 bits per heavy atom. The zero-order chi connectivity index (χ0) is 6.55. The first-order valence-electron chi connectivity index (χ1n) is 3.75. The lowest BCUT2D eigenvalue weighted by molar-refractivity contribution is 0.721. The predicted molar refractivity (Wildman–Crippen MR) is 46.9 cm³/mol. The van der Waals surface area contributed by atoms with E-state index in [0.717, 1.165) is 5.92 Å². The first-order chi connectivity index (χ1) is 4.95. The minimum atomic E-state index is 0. The Hall–Kier alpha value is -1.08. The molecule has 0 saturated carbocycles. The summed E-state index contributed by atoms with van der Waals surface area (Å²) in [5.41, 5.74) is 4.61. The van der Waals surface area contributed by atoms with Crippen LogP contribution in [0.1, 0.15) is 22.6 Å². The summed E-state index contributed by atoms with van der Waals surface area (Å²) in [6.07, 6.45) is 5.86. The van der Waals surface area contributed by atoms with Gasteiger partial charge in [-0.15, -0.1) is 0 Å². The zero-order valence-electron chi connectivity index (χ0n) is 6.38. The molecule has 3 aliphatic rings. The monoisotopic (exact) mass is 145 g/mol. The van der Waals surface area contributed by atoms with Gasteiger partial charge in [-0.25, -0.2) is 0 Å². The molecule has 0 amide bonds. The molecule has 56 valence electrons. The van der Waals surface area contributed by atoms with Crippen LogP contribution in [0, 0.1) is 0 Å². The molecule has 1 atom stereocenters. The van der Waals surface area contributed by atoms with Gasteiger partial charge in [-0.05, 0) is 23.1 Å². The molecule has 11 heavy (non-hydrogen) atoms. The normalized spacial score (nSPS) is 22.0. The molecule has 0 spiro atoms. The van der Waals surface area contributed by atoms with Crippen molar-refractivity contribution in [2.45, 2.75) is 12.3 Å². The summed E-state index contributed by atoms with van der Waals surface area (Å²) in [5, 5.41) is 0. The summed E-state index contributed by atoms with van der Waals surface area (Å²) in [6, 6.07) is 6.60. The van der Waals surface area contributed by atoms with E-state index in [1.165, 1.54) is 12.0 Å². The maximum Gasteiger partial charge on any atom is 0.00649 e. The van der Waals surface area contributed by atoms with E-state index in [9.17, 15) is 0 Å². The number of hydrogen-bond donors (Lipinski definition) is 1. The molecule has 0 aliphatic heterocycles. The van der Waals surface area contributed by atoms with Crippen LogP contribution in [0.2, 0.25) is 0 Å². The van der Waals surface area contributed by atoms with Crippen molar-refractivity contribution in [3.05, 3.63) is 41.0 Å². The van der Waals surface area contributed by atoms with E-state index < -0.39 is 0 Å². The van der Waals surface area contributed by atoms with E-state index in [-0.39, 0.29) is 6.15 Å². The molecule has 1 heteroatoms. The van der Waals surface area contributed by atoms with Gasteiger partial charge in [0.15, 0.2) is 0 Å². The highest BCUT2D eigenvalue weighted by molar-refractivity contribution is 5.67. The molecule has 1 unspecified atom stereocenters. The summed E-state index contributed by atoms with van der Waals surface area (Å²) < 4.78 is 0. The molecule has 0 saturated heterocycles. The van der Waals surface area contributed by atoms with Crippen LogP contribution in [0.3, 0.4) is 0 Å². The number of allylic oxidation sites excluding steroid dienone is 1. The lowest BCUT2D eigenvalue weighted by Gasteiger charge is -2.33. The first kappa shape index (κ1) is 6.62. The zero-order valence-corrected chi connectivity index (χ0v) is 6.38. The van der Waals surface area contributed by atoms with Crippen LogP contribution in [0.4, 0.5) is 0 Å². The highest BCUT2D eigenvalue weighted by atomic mass is 14.3. The van der Waals surface area contributed by atoms with Crippen LogP contribution < -0.4 is 6.15 Å². The Kier molecular flexibility index (Phi) is 1.18. The summed E-state index contributed by atoms with van der Waals surface area (Å²) in [5.74, 6) is 0.767. The van der Waals surface area contributed by atoms with E-state index in [0.29, 0.717) is 0 Å². The molecule has 4 rings (SSSR count). The third-order valence-corrected chi connectivity index (χ3v) is 2.58. The summed E-state index contributed by atoms with van der Waals surface area (Å²) >= 11 is 0. The highest BCUT2D eigenvalue weighted by Gasteiger charge is 2.28. The minimum absolute atomic E-state index is 0. The number of hydrogen-bond acceptors (Lipinski definition) is 1. The van der Waals surface area contributed by atoms with Gasteiger partial charge in [0.1, 0.15) is 0 Å². The van der Waals surface area contributed by atoms with E-state index in [1.54, 1.807) is 11.1 Å². The second kappa shape index (κ2) is 1.95. The Morgan fingerprint density at radius 3 is 2.82 bits per heavy atom. The highest BCUT2D eigenvalue weighted by Crippen LogP contribution is 2.42. The largest absolute Gasteiger partial charge is 0.344 e.